The molecule has 0 radical (unpaired) electrons. The number of benzene rings is 1. The van der Waals surface area contributed by atoms with Gasteiger partial charge in [0.1, 0.15) is 0 Å². The number of nitrogens with one attached hydrogen (secondary N) is 2. The molecule has 0 unspecified atom stereocenters. The van der Waals surface area contributed by atoms with Crippen LogP contribution < -0.4 is 10.6 Å². The van der Waals surface area contributed by atoms with E-state index in [9.17, 15) is 0 Å². The highest BCUT2D eigenvalue weighted by molar-refractivity contribution is 7.09. The zero-order chi connectivity index (χ0) is 15.1. The SMILES string of the molecule is CN=C(NCCc1cccs1)NCc1ccc(C)cc1C. The number of hydrogen-bond donors (Lipinski definition) is 2. The van der Waals surface area contributed by atoms with Crippen molar-refractivity contribution in [2.45, 2.75) is 26.8 Å². The van der Waals surface area contributed by atoms with Gasteiger partial charge in [-0.1, -0.05) is 29.8 Å². The summed E-state index contributed by atoms with van der Waals surface area (Å²) in [5.41, 5.74) is 3.92. The predicted molar refractivity (Wildman–Crippen MR) is 92.1 cm³/mol. The van der Waals surface area contributed by atoms with Gasteiger partial charge in [0.05, 0.1) is 0 Å². The van der Waals surface area contributed by atoms with E-state index in [1.54, 1.807) is 11.3 Å². The summed E-state index contributed by atoms with van der Waals surface area (Å²) in [6, 6.07) is 10.8. The normalized spacial score (nSPS) is 11.5. The maximum atomic E-state index is 4.27. The van der Waals surface area contributed by atoms with E-state index in [0.29, 0.717) is 0 Å². The highest BCUT2D eigenvalue weighted by Crippen LogP contribution is 2.10. The molecule has 0 saturated heterocycles. The van der Waals surface area contributed by atoms with Gasteiger partial charge < -0.3 is 10.6 Å². The van der Waals surface area contributed by atoms with Crippen LogP contribution in [0.15, 0.2) is 40.7 Å². The molecule has 112 valence electrons. The zero-order valence-corrected chi connectivity index (χ0v) is 13.8. The molecule has 2 N–H and O–H groups in total. The number of nitrogens with zero attached hydrogens (tertiary/aromatic N) is 1. The molecule has 4 heteroatoms. The molecule has 1 aromatic heterocycles. The van der Waals surface area contributed by atoms with E-state index in [0.717, 1.165) is 25.5 Å². The van der Waals surface area contributed by atoms with Crippen LogP contribution in [-0.2, 0) is 13.0 Å². The highest BCUT2D eigenvalue weighted by Gasteiger charge is 2.01. The summed E-state index contributed by atoms with van der Waals surface area (Å²) >= 11 is 1.80. The van der Waals surface area contributed by atoms with Crippen LogP contribution in [0.25, 0.3) is 0 Å². The Kier molecular flexibility index (Phi) is 5.81. The van der Waals surface area contributed by atoms with Gasteiger partial charge in [-0.05, 0) is 42.8 Å². The summed E-state index contributed by atoms with van der Waals surface area (Å²) in [6.45, 7) is 5.96. The first-order chi connectivity index (χ1) is 10.2. The topological polar surface area (TPSA) is 36.4 Å². The third-order valence-corrected chi connectivity index (χ3v) is 4.35. The van der Waals surface area contributed by atoms with Gasteiger partial charge in [-0.2, -0.15) is 0 Å². The lowest BCUT2D eigenvalue weighted by molar-refractivity contribution is 0.796. The molecule has 21 heavy (non-hydrogen) atoms. The van der Waals surface area contributed by atoms with Crippen molar-refractivity contribution in [3.8, 4) is 0 Å². The number of rotatable bonds is 5. The predicted octanol–water partition coefficient (Wildman–Crippen LogP) is 3.27. The molecule has 0 aliphatic heterocycles. The second kappa shape index (κ2) is 7.84. The van der Waals surface area contributed by atoms with Crippen molar-refractivity contribution in [3.63, 3.8) is 0 Å². The van der Waals surface area contributed by atoms with E-state index < -0.39 is 0 Å². The van der Waals surface area contributed by atoms with Crippen molar-refractivity contribution < 1.29 is 0 Å². The lowest BCUT2D eigenvalue weighted by atomic mass is 10.1. The van der Waals surface area contributed by atoms with Gasteiger partial charge in [-0.25, -0.2) is 0 Å². The monoisotopic (exact) mass is 301 g/mol. The van der Waals surface area contributed by atoms with Crippen molar-refractivity contribution in [2.75, 3.05) is 13.6 Å². The van der Waals surface area contributed by atoms with Crippen molar-refractivity contribution in [2.24, 2.45) is 4.99 Å². The van der Waals surface area contributed by atoms with Gasteiger partial charge in [-0.3, -0.25) is 4.99 Å². The van der Waals surface area contributed by atoms with Crippen LogP contribution >= 0.6 is 11.3 Å². The number of hydrogen-bond acceptors (Lipinski definition) is 2. The summed E-state index contributed by atoms with van der Waals surface area (Å²) < 4.78 is 0. The fourth-order valence-electron chi connectivity index (χ4n) is 2.20. The summed E-state index contributed by atoms with van der Waals surface area (Å²) in [6.07, 6.45) is 1.03. The van der Waals surface area contributed by atoms with Crippen molar-refractivity contribution in [3.05, 3.63) is 57.3 Å². The van der Waals surface area contributed by atoms with Gasteiger partial charge in [0.2, 0.25) is 0 Å². The quantitative estimate of drug-likeness (QED) is 0.657. The highest BCUT2D eigenvalue weighted by atomic mass is 32.1. The van der Waals surface area contributed by atoms with Gasteiger partial charge in [-0.15, -0.1) is 11.3 Å². The molecule has 1 heterocycles. The second-order valence-corrected chi connectivity index (χ2v) is 6.14. The van der Waals surface area contributed by atoms with Gasteiger partial charge >= 0.3 is 0 Å². The van der Waals surface area contributed by atoms with E-state index in [1.165, 1.54) is 21.6 Å². The lowest BCUT2D eigenvalue weighted by Gasteiger charge is -2.13. The lowest BCUT2D eigenvalue weighted by Crippen LogP contribution is -2.37. The number of aryl methyl sites for hydroxylation is 2. The maximum absolute atomic E-state index is 4.27. The third-order valence-electron chi connectivity index (χ3n) is 3.41. The minimum absolute atomic E-state index is 0.796. The Morgan fingerprint density at radius 1 is 1.19 bits per heavy atom. The van der Waals surface area contributed by atoms with Crippen molar-refractivity contribution >= 4 is 17.3 Å². The van der Waals surface area contributed by atoms with Gasteiger partial charge in [0.25, 0.3) is 0 Å². The first-order valence-electron chi connectivity index (χ1n) is 7.22. The van der Waals surface area contributed by atoms with Crippen LogP contribution in [-0.4, -0.2) is 19.6 Å². The fourth-order valence-corrected chi connectivity index (χ4v) is 2.91. The number of guanidine groups is 1. The average Bonchev–Trinajstić information content (AvgIpc) is 2.97. The Balaban J connectivity index is 1.79. The smallest absolute Gasteiger partial charge is 0.191 e. The average molecular weight is 301 g/mol. The Morgan fingerprint density at radius 3 is 2.71 bits per heavy atom. The fraction of sp³-hybridized carbons (Fsp3) is 0.353. The Hall–Kier alpha value is -1.81. The summed E-state index contributed by atoms with van der Waals surface area (Å²) in [7, 11) is 1.81. The maximum Gasteiger partial charge on any atom is 0.191 e. The van der Waals surface area contributed by atoms with E-state index in [1.807, 2.05) is 7.05 Å². The van der Waals surface area contributed by atoms with E-state index in [-0.39, 0.29) is 0 Å². The molecule has 3 nitrogen and oxygen atoms in total. The summed E-state index contributed by atoms with van der Waals surface area (Å²) in [5, 5.41) is 8.84. The van der Waals surface area contributed by atoms with Crippen LogP contribution in [0.1, 0.15) is 21.6 Å². The van der Waals surface area contributed by atoms with Gasteiger partial charge in [0.15, 0.2) is 5.96 Å². The second-order valence-electron chi connectivity index (χ2n) is 5.11. The van der Waals surface area contributed by atoms with Crippen LogP contribution in [0.4, 0.5) is 0 Å². The minimum atomic E-state index is 0.796. The molecule has 0 bridgehead atoms. The Morgan fingerprint density at radius 2 is 2.05 bits per heavy atom. The van der Waals surface area contributed by atoms with Crippen molar-refractivity contribution in [1.29, 1.82) is 0 Å². The third kappa shape index (κ3) is 4.90. The molecule has 2 rings (SSSR count). The molecular formula is C17H23N3S. The summed E-state index contributed by atoms with van der Waals surface area (Å²) in [5.74, 6) is 0.853. The first kappa shape index (κ1) is 15.6. The summed E-state index contributed by atoms with van der Waals surface area (Å²) in [4.78, 5) is 5.66. The molecule has 0 amide bonds. The number of aliphatic imine (C=N–C) groups is 1. The molecule has 2 aromatic rings. The van der Waals surface area contributed by atoms with Crippen LogP contribution in [0, 0.1) is 13.8 Å². The molecule has 0 aliphatic carbocycles. The largest absolute Gasteiger partial charge is 0.356 e. The standard InChI is InChI=1S/C17H23N3S/c1-13-6-7-15(14(2)11-13)12-20-17(18-3)19-9-8-16-5-4-10-21-16/h4-7,10-11H,8-9,12H2,1-3H3,(H2,18,19,20). The zero-order valence-electron chi connectivity index (χ0n) is 12.9. The van der Waals surface area contributed by atoms with E-state index in [2.05, 4.69) is 65.2 Å². The first-order valence-corrected chi connectivity index (χ1v) is 8.10. The molecule has 0 atom stereocenters. The van der Waals surface area contributed by atoms with Gasteiger partial charge in [0, 0.05) is 25.0 Å². The van der Waals surface area contributed by atoms with Crippen LogP contribution in [0.2, 0.25) is 0 Å². The van der Waals surface area contributed by atoms with E-state index in [4.69, 9.17) is 0 Å². The molecule has 0 aliphatic rings. The van der Waals surface area contributed by atoms with Crippen molar-refractivity contribution in [1.82, 2.24) is 10.6 Å². The van der Waals surface area contributed by atoms with Crippen LogP contribution in [0.5, 0.6) is 0 Å². The van der Waals surface area contributed by atoms with E-state index >= 15 is 0 Å². The molecule has 0 spiro atoms. The molecule has 0 fully saturated rings. The Bertz CT molecular complexity index is 588. The molecule has 1 aromatic carbocycles. The molecule has 0 saturated carbocycles. The minimum Gasteiger partial charge on any atom is -0.356 e. The van der Waals surface area contributed by atoms with Crippen LogP contribution in [0.3, 0.4) is 0 Å². The molecular weight excluding hydrogens is 278 g/mol. The Labute approximate surface area is 131 Å². The number of thiophene rings is 1.